The maximum atomic E-state index is 13.0. The van der Waals surface area contributed by atoms with Gasteiger partial charge in [0.15, 0.2) is 0 Å². The molecule has 3 rings (SSSR count). The molecule has 32 heavy (non-hydrogen) atoms. The molecule has 0 saturated carbocycles. The van der Waals surface area contributed by atoms with Crippen molar-refractivity contribution in [3.63, 3.8) is 0 Å². The fourth-order valence-electron chi connectivity index (χ4n) is 3.45. The lowest BCUT2D eigenvalue weighted by Gasteiger charge is -2.31. The van der Waals surface area contributed by atoms with Gasteiger partial charge in [-0.1, -0.05) is 12.1 Å². The molecule has 0 atom stereocenters. The lowest BCUT2D eigenvalue weighted by Crippen LogP contribution is -2.47. The third-order valence-corrected chi connectivity index (χ3v) is 7.12. The summed E-state index contributed by atoms with van der Waals surface area (Å²) in [6.07, 6.45) is 0. The number of hydrogen-bond acceptors (Lipinski definition) is 7. The number of nitrogens with zero attached hydrogens (tertiary/aromatic N) is 4. The van der Waals surface area contributed by atoms with Crippen LogP contribution in [0.15, 0.2) is 47.4 Å². The summed E-state index contributed by atoms with van der Waals surface area (Å²) in [6.45, 7) is -0.877. The molecular weight excluding hydrogens is 446 g/mol. The molecule has 0 amide bonds. The van der Waals surface area contributed by atoms with Crippen LogP contribution in [0.25, 0.3) is 0 Å². The van der Waals surface area contributed by atoms with Crippen LogP contribution in [0.4, 0.5) is 20.2 Å². The van der Waals surface area contributed by atoms with E-state index in [1.807, 2.05) is 11.9 Å². The van der Waals surface area contributed by atoms with Gasteiger partial charge in [-0.05, 0) is 36.9 Å². The van der Waals surface area contributed by atoms with E-state index in [1.54, 1.807) is 24.1 Å². The first-order valence-corrected chi connectivity index (χ1v) is 11.2. The highest BCUT2D eigenvalue weighted by molar-refractivity contribution is 7.89. The van der Waals surface area contributed by atoms with Gasteiger partial charge in [0.05, 0.1) is 9.82 Å². The molecule has 1 saturated heterocycles. The minimum atomic E-state index is -3.85. The number of likely N-dealkylation sites (N-methyl/N-ethyl adjacent to an activating group) is 1. The third-order valence-electron chi connectivity index (χ3n) is 5.22. The molecule has 1 aliphatic rings. The van der Waals surface area contributed by atoms with E-state index in [2.05, 4.69) is 4.74 Å². The van der Waals surface area contributed by atoms with E-state index in [0.29, 0.717) is 31.7 Å². The van der Waals surface area contributed by atoms with Crippen molar-refractivity contribution in [1.82, 2.24) is 9.21 Å². The molecule has 0 bridgehead atoms. The maximum Gasteiger partial charge on any atom is 0.387 e. The first kappa shape index (κ1) is 23.8. The number of ether oxygens (including phenoxy) is 1. The summed E-state index contributed by atoms with van der Waals surface area (Å²) in [6, 6.07) is 9.78. The fourth-order valence-corrected chi connectivity index (χ4v) is 4.89. The highest BCUT2D eigenvalue weighted by Crippen LogP contribution is 2.32. The van der Waals surface area contributed by atoms with Gasteiger partial charge in [0.25, 0.3) is 5.69 Å². The van der Waals surface area contributed by atoms with Crippen molar-refractivity contribution in [3.05, 3.63) is 58.1 Å². The molecule has 0 aliphatic carbocycles. The van der Waals surface area contributed by atoms with E-state index >= 15 is 0 Å². The molecule has 0 aromatic heterocycles. The van der Waals surface area contributed by atoms with Gasteiger partial charge in [-0.2, -0.15) is 13.1 Å². The topological polar surface area (TPSA) is 96.2 Å². The van der Waals surface area contributed by atoms with Crippen LogP contribution in [0.5, 0.6) is 5.75 Å². The monoisotopic (exact) mass is 470 g/mol. The van der Waals surface area contributed by atoms with Crippen LogP contribution >= 0.6 is 0 Å². The SMILES string of the molecule is CN1CCN(S(=O)(=O)c2ccc(N(C)Cc3ccc(OC(F)F)cc3)c([N+](=O)[O-])c2)CC1. The molecule has 0 N–H and O–H groups in total. The summed E-state index contributed by atoms with van der Waals surface area (Å²) in [4.78, 5) is 14.6. The molecule has 0 spiro atoms. The molecule has 2 aromatic carbocycles. The van der Waals surface area contributed by atoms with Gasteiger partial charge >= 0.3 is 6.61 Å². The number of hydrogen-bond donors (Lipinski definition) is 0. The molecule has 9 nitrogen and oxygen atoms in total. The lowest BCUT2D eigenvalue weighted by atomic mass is 10.2. The van der Waals surface area contributed by atoms with E-state index in [1.165, 1.54) is 28.6 Å². The Kier molecular flexibility index (Phi) is 7.26. The predicted molar refractivity (Wildman–Crippen MR) is 115 cm³/mol. The number of alkyl halides is 2. The lowest BCUT2D eigenvalue weighted by molar-refractivity contribution is -0.384. The number of halogens is 2. The van der Waals surface area contributed by atoms with Crippen LogP contribution in [0.1, 0.15) is 5.56 Å². The third kappa shape index (κ3) is 5.50. The van der Waals surface area contributed by atoms with E-state index in [9.17, 15) is 27.3 Å². The van der Waals surface area contributed by atoms with E-state index < -0.39 is 21.6 Å². The molecule has 1 aliphatic heterocycles. The molecule has 12 heteroatoms. The van der Waals surface area contributed by atoms with Crippen LogP contribution in [0.2, 0.25) is 0 Å². The molecule has 0 unspecified atom stereocenters. The second-order valence-corrected chi connectivity index (χ2v) is 9.43. The van der Waals surface area contributed by atoms with Gasteiger partial charge in [-0.15, -0.1) is 0 Å². The smallest absolute Gasteiger partial charge is 0.387 e. The standard InChI is InChI=1S/C20H24F2N4O5S/c1-23-9-11-25(12-10-23)32(29,30)17-7-8-18(19(13-17)26(27)28)24(2)14-15-3-5-16(6-4-15)31-20(21)22/h3-8,13,20H,9-12,14H2,1-2H3. The second kappa shape index (κ2) is 9.76. The summed E-state index contributed by atoms with van der Waals surface area (Å²) in [7, 11) is -0.322. The van der Waals surface area contributed by atoms with Crippen LogP contribution in [-0.2, 0) is 16.6 Å². The summed E-state index contributed by atoms with van der Waals surface area (Å²) in [5, 5.41) is 11.7. The van der Waals surface area contributed by atoms with Gasteiger partial charge in [-0.3, -0.25) is 10.1 Å². The van der Waals surface area contributed by atoms with Gasteiger partial charge < -0.3 is 14.5 Å². The van der Waals surface area contributed by atoms with Crippen molar-refractivity contribution in [2.75, 3.05) is 45.2 Å². The van der Waals surface area contributed by atoms with Gasteiger partial charge in [0, 0.05) is 45.8 Å². The predicted octanol–water partition coefficient (Wildman–Crippen LogP) is 2.77. The summed E-state index contributed by atoms with van der Waals surface area (Å²) < 4.78 is 56.1. The number of sulfonamides is 1. The van der Waals surface area contributed by atoms with Gasteiger partial charge in [0.1, 0.15) is 11.4 Å². The van der Waals surface area contributed by atoms with Crippen molar-refractivity contribution in [2.24, 2.45) is 0 Å². The first-order chi connectivity index (χ1) is 15.1. The average Bonchev–Trinajstić information content (AvgIpc) is 2.74. The van der Waals surface area contributed by atoms with Gasteiger partial charge in [-0.25, -0.2) is 8.42 Å². The Hall–Kier alpha value is -2.83. The fraction of sp³-hybridized carbons (Fsp3) is 0.400. The molecule has 2 aromatic rings. The van der Waals surface area contributed by atoms with Crippen molar-refractivity contribution < 1.29 is 26.9 Å². The average molecular weight is 470 g/mol. The molecule has 174 valence electrons. The van der Waals surface area contributed by atoms with Crippen LogP contribution in [0, 0.1) is 10.1 Å². The summed E-state index contributed by atoms with van der Waals surface area (Å²) in [5.41, 5.74) is 0.609. The number of anilines is 1. The van der Waals surface area contributed by atoms with Crippen LogP contribution in [-0.4, -0.2) is 69.4 Å². The van der Waals surface area contributed by atoms with E-state index in [4.69, 9.17) is 0 Å². The number of rotatable bonds is 8. The zero-order valence-corrected chi connectivity index (χ0v) is 18.5. The Labute approximate surface area is 185 Å². The van der Waals surface area contributed by atoms with E-state index in [0.717, 1.165) is 6.07 Å². The number of benzene rings is 2. The molecular formula is C20H24F2N4O5S. The Bertz CT molecular complexity index is 1060. The van der Waals surface area contributed by atoms with Gasteiger partial charge in [0.2, 0.25) is 10.0 Å². The Morgan fingerprint density at radius 3 is 2.31 bits per heavy atom. The Balaban J connectivity index is 1.82. The first-order valence-electron chi connectivity index (χ1n) is 9.80. The van der Waals surface area contributed by atoms with Crippen molar-refractivity contribution >= 4 is 21.4 Å². The molecule has 1 fully saturated rings. The number of nitro benzene ring substituents is 1. The minimum Gasteiger partial charge on any atom is -0.435 e. The minimum absolute atomic E-state index is 0.0100. The van der Waals surface area contributed by atoms with Crippen LogP contribution < -0.4 is 9.64 Å². The number of piperazine rings is 1. The molecule has 0 radical (unpaired) electrons. The summed E-state index contributed by atoms with van der Waals surface area (Å²) in [5.74, 6) is 0.0100. The highest BCUT2D eigenvalue weighted by atomic mass is 32.2. The van der Waals surface area contributed by atoms with Crippen molar-refractivity contribution in [1.29, 1.82) is 0 Å². The number of nitro groups is 1. The zero-order valence-electron chi connectivity index (χ0n) is 17.6. The van der Waals surface area contributed by atoms with Crippen molar-refractivity contribution in [3.8, 4) is 5.75 Å². The zero-order chi connectivity index (χ0) is 23.5. The van der Waals surface area contributed by atoms with Crippen LogP contribution in [0.3, 0.4) is 0 Å². The Morgan fingerprint density at radius 2 is 1.75 bits per heavy atom. The Morgan fingerprint density at radius 1 is 1.12 bits per heavy atom. The normalized spacial score (nSPS) is 15.7. The summed E-state index contributed by atoms with van der Waals surface area (Å²) >= 11 is 0. The quantitative estimate of drug-likeness (QED) is 0.432. The maximum absolute atomic E-state index is 13.0. The second-order valence-electron chi connectivity index (χ2n) is 7.49. The highest BCUT2D eigenvalue weighted by Gasteiger charge is 2.30. The molecule has 1 heterocycles. The largest absolute Gasteiger partial charge is 0.435 e. The van der Waals surface area contributed by atoms with Crippen molar-refractivity contribution in [2.45, 2.75) is 18.1 Å². The van der Waals surface area contributed by atoms with E-state index in [-0.39, 0.29) is 28.6 Å².